The molecule has 0 aromatic rings. The Balaban J connectivity index is 4.76. The van der Waals surface area contributed by atoms with E-state index >= 15 is 0 Å². The molecule has 0 rings (SSSR count). The number of carbonyl (C=O) groups is 6. The van der Waals surface area contributed by atoms with E-state index in [0.29, 0.717) is 0 Å². The number of carboxylic acid groups (broad SMARTS) is 2. The zero-order chi connectivity index (χ0) is 22.7. The van der Waals surface area contributed by atoms with Gasteiger partial charge < -0.3 is 37.6 Å². The number of nitrogens with one attached hydrogen (secondary N) is 3. The molecule has 0 heterocycles. The fourth-order valence-corrected chi connectivity index (χ4v) is 2.14. The van der Waals surface area contributed by atoms with E-state index in [-0.39, 0.29) is 12.8 Å². The van der Waals surface area contributed by atoms with Crippen LogP contribution in [0.5, 0.6) is 0 Å². The van der Waals surface area contributed by atoms with Crippen molar-refractivity contribution >= 4 is 35.6 Å². The summed E-state index contributed by atoms with van der Waals surface area (Å²) in [7, 11) is 0. The topological polar surface area (TPSA) is 231 Å². The Labute approximate surface area is 166 Å². The summed E-state index contributed by atoms with van der Waals surface area (Å²) in [4.78, 5) is 68.5. The first-order valence-corrected chi connectivity index (χ1v) is 8.71. The van der Waals surface area contributed by atoms with E-state index in [9.17, 15) is 28.8 Å². The van der Waals surface area contributed by atoms with Crippen molar-refractivity contribution in [1.82, 2.24) is 16.0 Å². The number of carbonyl (C=O) groups excluding carboxylic acids is 4. The molecule has 0 aliphatic heterocycles. The number of primary amides is 1. The molecule has 0 radical (unpaired) electrons. The van der Waals surface area contributed by atoms with Crippen molar-refractivity contribution in [2.75, 3.05) is 6.54 Å². The van der Waals surface area contributed by atoms with Crippen LogP contribution in [0.4, 0.5) is 0 Å². The molecular formula is C16H27N5O8. The summed E-state index contributed by atoms with van der Waals surface area (Å²) in [5, 5.41) is 24.4. The first-order valence-electron chi connectivity index (χ1n) is 8.71. The van der Waals surface area contributed by atoms with Gasteiger partial charge in [0.15, 0.2) is 0 Å². The van der Waals surface area contributed by atoms with Crippen LogP contribution in [0.2, 0.25) is 0 Å². The van der Waals surface area contributed by atoms with Gasteiger partial charge >= 0.3 is 11.9 Å². The number of hydrogen-bond acceptors (Lipinski definition) is 7. The van der Waals surface area contributed by atoms with E-state index < -0.39 is 72.6 Å². The average Bonchev–Trinajstić information content (AvgIpc) is 2.59. The molecule has 0 bridgehead atoms. The number of hydrogen-bond donors (Lipinski definition) is 7. The lowest BCUT2D eigenvalue weighted by molar-refractivity contribution is -0.142. The van der Waals surface area contributed by atoms with Crippen LogP contribution in [-0.4, -0.2) is 70.5 Å². The number of rotatable bonds is 13. The summed E-state index contributed by atoms with van der Waals surface area (Å²) in [5.41, 5.74) is 10.4. The molecule has 0 saturated heterocycles. The molecule has 0 aliphatic rings. The Hall–Kier alpha value is -3.22. The number of nitrogens with two attached hydrogens (primary N) is 2. The normalized spacial score (nSPS) is 13.7. The molecule has 13 nitrogen and oxygen atoms in total. The lowest BCUT2D eigenvalue weighted by atomic mass is 10.0. The largest absolute Gasteiger partial charge is 0.481 e. The minimum Gasteiger partial charge on any atom is -0.481 e. The first-order chi connectivity index (χ1) is 13.3. The fourth-order valence-electron chi connectivity index (χ4n) is 2.14. The predicted molar refractivity (Wildman–Crippen MR) is 98.0 cm³/mol. The molecule has 3 atom stereocenters. The van der Waals surface area contributed by atoms with Crippen LogP contribution >= 0.6 is 0 Å². The second kappa shape index (κ2) is 12.3. The zero-order valence-corrected chi connectivity index (χ0v) is 16.1. The van der Waals surface area contributed by atoms with Gasteiger partial charge in [0.1, 0.15) is 12.1 Å². The van der Waals surface area contributed by atoms with Crippen molar-refractivity contribution in [3.05, 3.63) is 0 Å². The van der Waals surface area contributed by atoms with Gasteiger partial charge in [0.25, 0.3) is 0 Å². The van der Waals surface area contributed by atoms with Crippen LogP contribution in [-0.2, 0) is 28.8 Å². The molecule has 9 N–H and O–H groups in total. The fraction of sp³-hybridized carbons (Fsp3) is 0.625. The highest BCUT2D eigenvalue weighted by atomic mass is 16.4. The molecule has 4 amide bonds. The van der Waals surface area contributed by atoms with Crippen LogP contribution < -0.4 is 27.4 Å². The van der Waals surface area contributed by atoms with Gasteiger partial charge in [-0.3, -0.25) is 24.0 Å². The highest BCUT2D eigenvalue weighted by Gasteiger charge is 2.28. The van der Waals surface area contributed by atoms with Crippen molar-refractivity contribution in [3.8, 4) is 0 Å². The summed E-state index contributed by atoms with van der Waals surface area (Å²) in [5.74, 6) is -6.20. The molecule has 0 fully saturated rings. The Morgan fingerprint density at radius 3 is 2.00 bits per heavy atom. The molecule has 0 spiro atoms. The van der Waals surface area contributed by atoms with Crippen LogP contribution in [0.3, 0.4) is 0 Å². The van der Waals surface area contributed by atoms with E-state index in [1.165, 1.54) is 0 Å². The van der Waals surface area contributed by atoms with Gasteiger partial charge in [-0.1, -0.05) is 13.8 Å². The van der Waals surface area contributed by atoms with Crippen molar-refractivity contribution < 1.29 is 39.0 Å². The van der Waals surface area contributed by atoms with Gasteiger partial charge in [-0.05, 0) is 12.3 Å². The SMILES string of the molecule is CC(C)C(NC(=O)C(N)CC(=O)O)C(=O)NCC(=O)NC(CCC(N)=O)C(=O)O. The third-order valence-corrected chi connectivity index (χ3v) is 3.71. The van der Waals surface area contributed by atoms with E-state index in [4.69, 9.17) is 21.7 Å². The quantitative estimate of drug-likeness (QED) is 0.160. The number of aliphatic carboxylic acids is 2. The van der Waals surface area contributed by atoms with Crippen molar-refractivity contribution in [2.45, 2.75) is 51.2 Å². The maximum Gasteiger partial charge on any atom is 0.326 e. The summed E-state index contributed by atoms with van der Waals surface area (Å²) >= 11 is 0. The number of amides is 4. The summed E-state index contributed by atoms with van der Waals surface area (Å²) in [6, 6.07) is -3.81. The van der Waals surface area contributed by atoms with E-state index in [1.54, 1.807) is 13.8 Å². The first kappa shape index (κ1) is 25.8. The van der Waals surface area contributed by atoms with E-state index in [2.05, 4.69) is 16.0 Å². The van der Waals surface area contributed by atoms with Gasteiger partial charge in [-0.15, -0.1) is 0 Å². The molecule has 3 unspecified atom stereocenters. The lowest BCUT2D eigenvalue weighted by Gasteiger charge is -2.23. The van der Waals surface area contributed by atoms with Crippen molar-refractivity contribution in [1.29, 1.82) is 0 Å². The Bertz CT molecular complexity index is 651. The molecular weight excluding hydrogens is 390 g/mol. The molecule has 0 saturated carbocycles. The predicted octanol–water partition coefficient (Wildman–Crippen LogP) is -3.12. The standard InChI is InChI=1S/C16H27N5O8/c1-7(2)13(21-14(26)8(17)5-12(24)25)15(27)19-6-11(23)20-9(16(28)29)3-4-10(18)22/h7-9,13H,3-6,17H2,1-2H3,(H2,18,22)(H,19,27)(H,20,23)(H,21,26)(H,24,25)(H,28,29). The zero-order valence-electron chi connectivity index (χ0n) is 16.1. The third-order valence-electron chi connectivity index (χ3n) is 3.71. The Morgan fingerprint density at radius 1 is 0.966 bits per heavy atom. The average molecular weight is 417 g/mol. The van der Waals surface area contributed by atoms with Gasteiger partial charge in [-0.25, -0.2) is 4.79 Å². The van der Waals surface area contributed by atoms with Crippen LogP contribution in [0.1, 0.15) is 33.1 Å². The molecule has 164 valence electrons. The van der Waals surface area contributed by atoms with Gasteiger partial charge in [0.05, 0.1) is 19.0 Å². The molecule has 0 aromatic carbocycles. The molecule has 0 aromatic heterocycles. The Kier molecular flexibility index (Phi) is 10.9. The summed E-state index contributed by atoms with van der Waals surface area (Å²) in [6.45, 7) is 2.63. The monoisotopic (exact) mass is 417 g/mol. The second-order valence-corrected chi connectivity index (χ2v) is 6.62. The van der Waals surface area contributed by atoms with Crippen LogP contribution in [0, 0.1) is 5.92 Å². The molecule has 13 heteroatoms. The highest BCUT2D eigenvalue weighted by Crippen LogP contribution is 2.03. The van der Waals surface area contributed by atoms with Gasteiger partial charge in [0.2, 0.25) is 23.6 Å². The third kappa shape index (κ3) is 10.6. The number of carboxylic acids is 2. The maximum absolute atomic E-state index is 12.3. The maximum atomic E-state index is 12.3. The molecule has 29 heavy (non-hydrogen) atoms. The summed E-state index contributed by atoms with van der Waals surface area (Å²) in [6.07, 6.45) is -1.08. The smallest absolute Gasteiger partial charge is 0.326 e. The van der Waals surface area contributed by atoms with E-state index in [1.807, 2.05) is 0 Å². The van der Waals surface area contributed by atoms with Crippen molar-refractivity contribution in [3.63, 3.8) is 0 Å². The van der Waals surface area contributed by atoms with Crippen LogP contribution in [0.25, 0.3) is 0 Å². The minimum atomic E-state index is -1.37. The Morgan fingerprint density at radius 2 is 1.55 bits per heavy atom. The van der Waals surface area contributed by atoms with E-state index in [0.717, 1.165) is 0 Å². The van der Waals surface area contributed by atoms with Crippen LogP contribution in [0.15, 0.2) is 0 Å². The van der Waals surface area contributed by atoms with Gasteiger partial charge in [-0.2, -0.15) is 0 Å². The molecule has 0 aliphatic carbocycles. The highest BCUT2D eigenvalue weighted by molar-refractivity contribution is 5.93. The summed E-state index contributed by atoms with van der Waals surface area (Å²) < 4.78 is 0. The minimum absolute atomic E-state index is 0.212. The second-order valence-electron chi connectivity index (χ2n) is 6.62. The van der Waals surface area contributed by atoms with Crippen molar-refractivity contribution in [2.24, 2.45) is 17.4 Å². The van der Waals surface area contributed by atoms with Gasteiger partial charge in [0, 0.05) is 6.42 Å². The lowest BCUT2D eigenvalue weighted by Crippen LogP contribution is -2.55.